The van der Waals surface area contributed by atoms with E-state index >= 15 is 0 Å². The number of carbonyl (C=O) groups excluding carboxylic acids is 1. The van der Waals surface area contributed by atoms with Crippen molar-refractivity contribution < 1.29 is 4.79 Å². The highest BCUT2D eigenvalue weighted by atomic mass is 16.1. The van der Waals surface area contributed by atoms with E-state index in [2.05, 4.69) is 5.32 Å². The minimum Gasteiger partial charge on any atom is -0.379 e. The molecule has 0 radical (unpaired) electrons. The fraction of sp³-hybridized carbons (Fsp3) is 0.154. The molecule has 1 aromatic carbocycles. The maximum absolute atomic E-state index is 11.3. The van der Waals surface area contributed by atoms with E-state index in [1.165, 1.54) is 0 Å². The Morgan fingerprint density at radius 1 is 1.25 bits per heavy atom. The molecular formula is C13H12N2O. The number of nitrogens with one attached hydrogen (secondary N) is 1. The Morgan fingerprint density at radius 3 is 3.00 bits per heavy atom. The second-order valence-electron chi connectivity index (χ2n) is 3.93. The van der Waals surface area contributed by atoms with Crippen LogP contribution in [-0.4, -0.2) is 10.9 Å². The van der Waals surface area contributed by atoms with Crippen LogP contribution < -0.4 is 5.32 Å². The van der Waals surface area contributed by atoms with E-state index in [1.54, 1.807) is 0 Å². The molecule has 0 fully saturated rings. The van der Waals surface area contributed by atoms with E-state index in [0.717, 1.165) is 29.8 Å². The molecule has 16 heavy (non-hydrogen) atoms. The molecule has 1 aliphatic rings. The van der Waals surface area contributed by atoms with E-state index in [1.807, 2.05) is 47.2 Å². The Kier molecular flexibility index (Phi) is 2.03. The van der Waals surface area contributed by atoms with Crippen LogP contribution in [0, 0.1) is 0 Å². The third-order valence-corrected chi connectivity index (χ3v) is 3.03. The van der Waals surface area contributed by atoms with E-state index in [0.29, 0.717) is 0 Å². The van der Waals surface area contributed by atoms with Crippen molar-refractivity contribution in [2.45, 2.75) is 12.6 Å². The van der Waals surface area contributed by atoms with Gasteiger partial charge in [-0.25, -0.2) is 0 Å². The Labute approximate surface area is 93.7 Å². The van der Waals surface area contributed by atoms with Crippen LogP contribution in [0.5, 0.6) is 0 Å². The maximum Gasteiger partial charge on any atom is 0.147 e. The molecule has 0 amide bonds. The molecule has 0 spiro atoms. The number of rotatable bonds is 1. The van der Waals surface area contributed by atoms with Crippen LogP contribution >= 0.6 is 0 Å². The molecule has 3 nitrogen and oxygen atoms in total. The fourth-order valence-corrected chi connectivity index (χ4v) is 2.24. The van der Waals surface area contributed by atoms with Gasteiger partial charge in [-0.2, -0.15) is 0 Å². The van der Waals surface area contributed by atoms with Gasteiger partial charge in [-0.15, -0.1) is 0 Å². The lowest BCUT2D eigenvalue weighted by molar-refractivity contribution is -0.109. The fourth-order valence-electron chi connectivity index (χ4n) is 2.24. The lowest BCUT2D eigenvalue weighted by atomic mass is 10.1. The van der Waals surface area contributed by atoms with Crippen molar-refractivity contribution in [3.05, 3.63) is 53.9 Å². The third kappa shape index (κ3) is 1.25. The zero-order valence-corrected chi connectivity index (χ0v) is 8.76. The first kappa shape index (κ1) is 9.21. The average molecular weight is 212 g/mol. The molecule has 3 heteroatoms. The highest BCUT2D eigenvalue weighted by Gasteiger charge is 2.20. The van der Waals surface area contributed by atoms with Gasteiger partial charge in [0, 0.05) is 23.1 Å². The second-order valence-corrected chi connectivity index (χ2v) is 3.93. The number of hydrogen-bond donors (Lipinski definition) is 1. The largest absolute Gasteiger partial charge is 0.379 e. The lowest BCUT2D eigenvalue weighted by Crippen LogP contribution is -2.11. The number of aldehydes is 1. The molecule has 1 unspecified atom stereocenters. The molecule has 1 atom stereocenters. The molecule has 1 aliphatic heterocycles. The zero-order valence-electron chi connectivity index (χ0n) is 8.76. The number of carbonyl (C=O) groups is 1. The Bertz CT molecular complexity index is 530. The van der Waals surface area contributed by atoms with Crippen LogP contribution in [0.3, 0.4) is 0 Å². The third-order valence-electron chi connectivity index (χ3n) is 3.03. The quantitative estimate of drug-likeness (QED) is 0.735. The summed E-state index contributed by atoms with van der Waals surface area (Å²) in [7, 11) is 0. The predicted molar refractivity (Wildman–Crippen MR) is 62.4 cm³/mol. The first-order valence-electron chi connectivity index (χ1n) is 5.34. The van der Waals surface area contributed by atoms with Crippen LogP contribution in [0.2, 0.25) is 0 Å². The molecule has 80 valence electrons. The van der Waals surface area contributed by atoms with E-state index < -0.39 is 0 Å². The number of nitrogens with zero attached hydrogens (tertiary/aromatic N) is 1. The minimum atomic E-state index is -0.212. The number of anilines is 1. The Balaban J connectivity index is 2.21. The van der Waals surface area contributed by atoms with Crippen LogP contribution in [0.1, 0.15) is 17.3 Å². The number of aromatic nitrogens is 1. The van der Waals surface area contributed by atoms with Crippen LogP contribution in [0.4, 0.5) is 5.69 Å². The number of hydrogen-bond acceptors (Lipinski definition) is 2. The van der Waals surface area contributed by atoms with Crippen LogP contribution in [0.15, 0.2) is 42.6 Å². The summed E-state index contributed by atoms with van der Waals surface area (Å²) in [4.78, 5) is 11.3. The Morgan fingerprint density at radius 2 is 2.12 bits per heavy atom. The molecular weight excluding hydrogens is 200 g/mol. The van der Waals surface area contributed by atoms with Gasteiger partial charge in [-0.1, -0.05) is 18.2 Å². The highest BCUT2D eigenvalue weighted by molar-refractivity contribution is 5.69. The van der Waals surface area contributed by atoms with E-state index in [4.69, 9.17) is 0 Å². The first-order chi connectivity index (χ1) is 7.90. The summed E-state index contributed by atoms with van der Waals surface area (Å²) in [5.74, 6) is 0. The van der Waals surface area contributed by atoms with Gasteiger partial charge >= 0.3 is 0 Å². The van der Waals surface area contributed by atoms with Gasteiger partial charge < -0.3 is 14.7 Å². The lowest BCUT2D eigenvalue weighted by Gasteiger charge is -2.14. The standard InChI is InChI=1S/C13H12N2O/c16-9-13-11-5-1-2-6-12(11)14-8-10-4-3-7-15(10)13/h1-7,9,13-14H,8H2. The topological polar surface area (TPSA) is 34.0 Å². The molecule has 3 rings (SSSR count). The SMILES string of the molecule is O=CC1c2ccccc2NCc2cccn21. The smallest absolute Gasteiger partial charge is 0.147 e. The van der Waals surface area contributed by atoms with Crippen molar-refractivity contribution in [2.24, 2.45) is 0 Å². The summed E-state index contributed by atoms with van der Waals surface area (Å²) in [6, 6.07) is 11.8. The highest BCUT2D eigenvalue weighted by Crippen LogP contribution is 2.29. The van der Waals surface area contributed by atoms with Crippen molar-refractivity contribution in [3.8, 4) is 0 Å². The molecule has 2 aromatic rings. The molecule has 1 N–H and O–H groups in total. The van der Waals surface area contributed by atoms with Gasteiger partial charge in [-0.3, -0.25) is 0 Å². The van der Waals surface area contributed by atoms with Crippen molar-refractivity contribution in [3.63, 3.8) is 0 Å². The van der Waals surface area contributed by atoms with Crippen molar-refractivity contribution in [1.29, 1.82) is 0 Å². The van der Waals surface area contributed by atoms with Crippen LogP contribution in [-0.2, 0) is 11.3 Å². The van der Waals surface area contributed by atoms with E-state index in [-0.39, 0.29) is 6.04 Å². The van der Waals surface area contributed by atoms with Gasteiger partial charge in [0.15, 0.2) is 0 Å². The Hall–Kier alpha value is -2.03. The van der Waals surface area contributed by atoms with Gasteiger partial charge in [0.05, 0.1) is 6.54 Å². The van der Waals surface area contributed by atoms with Crippen LogP contribution in [0.25, 0.3) is 0 Å². The van der Waals surface area contributed by atoms with Gasteiger partial charge in [0.2, 0.25) is 0 Å². The molecule has 0 aliphatic carbocycles. The molecule has 2 heterocycles. The van der Waals surface area contributed by atoms with Crippen molar-refractivity contribution >= 4 is 12.0 Å². The van der Waals surface area contributed by atoms with E-state index in [9.17, 15) is 4.79 Å². The van der Waals surface area contributed by atoms with Crippen molar-refractivity contribution in [1.82, 2.24) is 4.57 Å². The summed E-state index contributed by atoms with van der Waals surface area (Å²) < 4.78 is 2.02. The summed E-state index contributed by atoms with van der Waals surface area (Å²) in [5.41, 5.74) is 3.21. The van der Waals surface area contributed by atoms with Gasteiger partial charge in [-0.05, 0) is 18.2 Å². The average Bonchev–Trinajstić information content (AvgIpc) is 2.72. The predicted octanol–water partition coefficient (Wildman–Crippen LogP) is 2.20. The van der Waals surface area contributed by atoms with Gasteiger partial charge in [0.25, 0.3) is 0 Å². The maximum atomic E-state index is 11.3. The molecule has 0 saturated heterocycles. The van der Waals surface area contributed by atoms with Gasteiger partial charge in [0.1, 0.15) is 12.3 Å². The summed E-state index contributed by atoms with van der Waals surface area (Å²) in [6.45, 7) is 0.758. The summed E-state index contributed by atoms with van der Waals surface area (Å²) in [6.07, 6.45) is 2.95. The summed E-state index contributed by atoms with van der Waals surface area (Å²) in [5, 5.41) is 3.35. The number of fused-ring (bicyclic) bond motifs is 2. The molecule has 1 aromatic heterocycles. The number of benzene rings is 1. The molecule has 0 bridgehead atoms. The number of para-hydroxylation sites is 1. The van der Waals surface area contributed by atoms with Crippen molar-refractivity contribution in [2.75, 3.05) is 5.32 Å². The minimum absolute atomic E-state index is 0.212. The summed E-state index contributed by atoms with van der Waals surface area (Å²) >= 11 is 0. The second kappa shape index (κ2) is 3.52. The monoisotopic (exact) mass is 212 g/mol. The molecule has 0 saturated carbocycles. The first-order valence-corrected chi connectivity index (χ1v) is 5.34. The normalized spacial score (nSPS) is 17.9. The zero-order chi connectivity index (χ0) is 11.0.